The van der Waals surface area contributed by atoms with E-state index in [9.17, 15) is 5.11 Å². The fourth-order valence-corrected chi connectivity index (χ4v) is 2.14. The molecule has 0 saturated heterocycles. The van der Waals surface area contributed by atoms with Gasteiger partial charge < -0.3 is 10.8 Å². The van der Waals surface area contributed by atoms with Gasteiger partial charge >= 0.3 is 0 Å². The van der Waals surface area contributed by atoms with Crippen LogP contribution >= 0.6 is 11.3 Å². The lowest BCUT2D eigenvalue weighted by Gasteiger charge is -2.23. The maximum absolute atomic E-state index is 10.00. The lowest BCUT2D eigenvalue weighted by atomic mass is 9.99. The van der Waals surface area contributed by atoms with Gasteiger partial charge in [-0.05, 0) is 25.5 Å². The first-order valence-corrected chi connectivity index (χ1v) is 4.93. The van der Waals surface area contributed by atoms with Crippen molar-refractivity contribution in [1.29, 1.82) is 0 Å². The van der Waals surface area contributed by atoms with Crippen LogP contribution in [-0.2, 0) is 5.60 Å². The quantitative estimate of drug-likeness (QED) is 0.751. The van der Waals surface area contributed by atoms with Crippen molar-refractivity contribution in [3.63, 3.8) is 0 Å². The van der Waals surface area contributed by atoms with Gasteiger partial charge in [0, 0.05) is 16.3 Å². The van der Waals surface area contributed by atoms with Crippen LogP contribution in [0.25, 0.3) is 0 Å². The lowest BCUT2D eigenvalue weighted by Crippen LogP contribution is -2.33. The Morgan fingerprint density at radius 1 is 1.58 bits per heavy atom. The number of rotatable bonds is 3. The normalized spacial score (nSPS) is 16.0. The fourth-order valence-electron chi connectivity index (χ4n) is 1.10. The Bertz CT molecular complexity index is 253. The summed E-state index contributed by atoms with van der Waals surface area (Å²) in [7, 11) is 0. The average Bonchev–Trinajstić information content (AvgIpc) is 2.51. The van der Waals surface area contributed by atoms with E-state index in [4.69, 9.17) is 5.73 Å². The Hall–Kier alpha value is -0.380. The van der Waals surface area contributed by atoms with Gasteiger partial charge in [-0.15, -0.1) is 11.3 Å². The van der Waals surface area contributed by atoms with Gasteiger partial charge in [0.25, 0.3) is 0 Å². The highest BCUT2D eigenvalue weighted by molar-refractivity contribution is 7.12. The zero-order valence-corrected chi connectivity index (χ0v) is 8.32. The molecule has 1 rings (SSSR count). The molecule has 1 aromatic rings. The van der Waals surface area contributed by atoms with E-state index in [-0.39, 0.29) is 0 Å². The molecule has 0 aliphatic carbocycles. The molecule has 1 unspecified atom stereocenters. The highest BCUT2D eigenvalue weighted by atomic mass is 32.1. The minimum absolute atomic E-state index is 0.295. The van der Waals surface area contributed by atoms with Gasteiger partial charge in [0.15, 0.2) is 0 Å². The first kappa shape index (κ1) is 9.71. The molecule has 0 saturated carbocycles. The van der Waals surface area contributed by atoms with Crippen LogP contribution in [0, 0.1) is 6.92 Å². The van der Waals surface area contributed by atoms with Crippen LogP contribution in [0.1, 0.15) is 23.1 Å². The summed E-state index contributed by atoms with van der Waals surface area (Å²) in [5.41, 5.74) is 4.71. The number of hydrogen-bond acceptors (Lipinski definition) is 3. The van der Waals surface area contributed by atoms with E-state index in [1.807, 2.05) is 26.0 Å². The lowest BCUT2D eigenvalue weighted by molar-refractivity contribution is 0.0456. The minimum Gasteiger partial charge on any atom is -0.383 e. The van der Waals surface area contributed by atoms with Crippen LogP contribution in [0.3, 0.4) is 0 Å². The van der Waals surface area contributed by atoms with Crippen molar-refractivity contribution in [2.24, 2.45) is 5.73 Å². The molecule has 0 radical (unpaired) electrons. The van der Waals surface area contributed by atoms with Crippen LogP contribution in [-0.4, -0.2) is 11.7 Å². The third-order valence-electron chi connectivity index (χ3n) is 2.12. The van der Waals surface area contributed by atoms with Crippen molar-refractivity contribution in [2.45, 2.75) is 25.9 Å². The van der Waals surface area contributed by atoms with Crippen molar-refractivity contribution < 1.29 is 5.11 Å². The van der Waals surface area contributed by atoms with E-state index in [0.717, 1.165) is 4.88 Å². The molecule has 2 nitrogen and oxygen atoms in total. The molecule has 1 aromatic heterocycles. The summed E-state index contributed by atoms with van der Waals surface area (Å²) < 4.78 is 0. The van der Waals surface area contributed by atoms with Gasteiger partial charge in [0.05, 0.1) is 0 Å². The number of aliphatic hydroxyl groups is 1. The molecule has 3 N–H and O–H groups in total. The van der Waals surface area contributed by atoms with E-state index in [0.29, 0.717) is 13.0 Å². The molecule has 0 bridgehead atoms. The highest BCUT2D eigenvalue weighted by Gasteiger charge is 2.26. The largest absolute Gasteiger partial charge is 0.383 e. The van der Waals surface area contributed by atoms with Gasteiger partial charge in [0.1, 0.15) is 5.60 Å². The van der Waals surface area contributed by atoms with Gasteiger partial charge in [0.2, 0.25) is 0 Å². The van der Waals surface area contributed by atoms with Crippen molar-refractivity contribution in [3.8, 4) is 0 Å². The predicted octanol–water partition coefficient (Wildman–Crippen LogP) is 1.61. The molecule has 0 aliphatic heterocycles. The second-order valence-electron chi connectivity index (χ2n) is 3.00. The maximum atomic E-state index is 10.00. The molecule has 0 amide bonds. The smallest absolute Gasteiger partial charge is 0.111 e. The molecular weight excluding hydrogens is 170 g/mol. The second-order valence-corrected chi connectivity index (χ2v) is 4.29. The summed E-state index contributed by atoms with van der Waals surface area (Å²) in [5.74, 6) is 0. The zero-order valence-electron chi connectivity index (χ0n) is 7.50. The Morgan fingerprint density at radius 2 is 2.25 bits per heavy atom. The predicted molar refractivity (Wildman–Crippen MR) is 52.3 cm³/mol. The summed E-state index contributed by atoms with van der Waals surface area (Å²) in [6.45, 7) is 4.27. The monoisotopic (exact) mass is 185 g/mol. The van der Waals surface area contributed by atoms with Gasteiger partial charge in [-0.2, -0.15) is 0 Å². The third kappa shape index (κ3) is 1.68. The summed E-state index contributed by atoms with van der Waals surface area (Å²) in [5, 5.41) is 10.00. The Labute approximate surface area is 77.0 Å². The van der Waals surface area contributed by atoms with Crippen LogP contribution in [0.15, 0.2) is 12.1 Å². The standard InChI is InChI=1S/C9H15NOS/c1-3-9(11,6-10)8-5-4-7(2)12-8/h4-5,11H,3,6,10H2,1-2H3. The fraction of sp³-hybridized carbons (Fsp3) is 0.556. The van der Waals surface area contributed by atoms with Crippen LogP contribution in [0.5, 0.6) is 0 Å². The number of thiophene rings is 1. The van der Waals surface area contributed by atoms with Crippen molar-refractivity contribution >= 4 is 11.3 Å². The van der Waals surface area contributed by atoms with Crippen LogP contribution in [0.4, 0.5) is 0 Å². The molecule has 0 spiro atoms. The Kier molecular flexibility index (Phi) is 2.88. The van der Waals surface area contributed by atoms with Crippen molar-refractivity contribution in [3.05, 3.63) is 21.9 Å². The molecule has 68 valence electrons. The van der Waals surface area contributed by atoms with Gasteiger partial charge in [-0.25, -0.2) is 0 Å². The molecule has 0 fully saturated rings. The van der Waals surface area contributed by atoms with E-state index >= 15 is 0 Å². The van der Waals surface area contributed by atoms with E-state index in [1.54, 1.807) is 11.3 Å². The first-order chi connectivity index (χ1) is 5.62. The highest BCUT2D eigenvalue weighted by Crippen LogP contribution is 2.29. The van der Waals surface area contributed by atoms with E-state index in [2.05, 4.69) is 0 Å². The molecule has 1 atom stereocenters. The van der Waals surface area contributed by atoms with Gasteiger partial charge in [-0.3, -0.25) is 0 Å². The number of nitrogens with two attached hydrogens (primary N) is 1. The summed E-state index contributed by atoms with van der Waals surface area (Å²) in [6, 6.07) is 3.96. The van der Waals surface area contributed by atoms with Crippen molar-refractivity contribution in [2.75, 3.05) is 6.54 Å². The van der Waals surface area contributed by atoms with Gasteiger partial charge in [-0.1, -0.05) is 6.92 Å². The SMILES string of the molecule is CCC(O)(CN)c1ccc(C)s1. The summed E-state index contributed by atoms with van der Waals surface area (Å²) in [4.78, 5) is 2.19. The summed E-state index contributed by atoms with van der Waals surface area (Å²) in [6.07, 6.45) is 0.670. The van der Waals surface area contributed by atoms with E-state index in [1.165, 1.54) is 4.88 Å². The number of aryl methyl sites for hydroxylation is 1. The maximum Gasteiger partial charge on any atom is 0.111 e. The molecule has 1 heterocycles. The van der Waals surface area contributed by atoms with Crippen molar-refractivity contribution in [1.82, 2.24) is 0 Å². The minimum atomic E-state index is -0.807. The summed E-state index contributed by atoms with van der Waals surface area (Å²) >= 11 is 1.61. The second kappa shape index (κ2) is 3.56. The Balaban J connectivity index is 2.94. The molecule has 12 heavy (non-hydrogen) atoms. The third-order valence-corrected chi connectivity index (χ3v) is 3.32. The Morgan fingerprint density at radius 3 is 2.58 bits per heavy atom. The molecule has 3 heteroatoms. The topological polar surface area (TPSA) is 46.2 Å². The molecule has 0 aliphatic rings. The molecular formula is C9H15NOS. The number of hydrogen-bond donors (Lipinski definition) is 2. The average molecular weight is 185 g/mol. The zero-order chi connectivity index (χ0) is 9.19. The molecule has 0 aromatic carbocycles. The first-order valence-electron chi connectivity index (χ1n) is 4.12. The van der Waals surface area contributed by atoms with Crippen LogP contribution < -0.4 is 5.73 Å². The van der Waals surface area contributed by atoms with E-state index < -0.39 is 5.60 Å². The van der Waals surface area contributed by atoms with Crippen LogP contribution in [0.2, 0.25) is 0 Å².